The molecular formula is C20H18N8O3S. The average molecular weight is 450 g/mol. The summed E-state index contributed by atoms with van der Waals surface area (Å²) in [5.74, 6) is 0.114. The second-order valence-corrected chi connectivity index (χ2v) is 7.61. The number of phenolic OH excluding ortho intramolecular Hbond substituents is 1. The molecule has 0 saturated carbocycles. The van der Waals surface area contributed by atoms with Crippen LogP contribution in [0.3, 0.4) is 0 Å². The SMILES string of the molecule is C/C(=N/NC(=O)c1nnn(-c2nonc2N)c1CSc1ccccc1)c1ccc(O)cc1. The van der Waals surface area contributed by atoms with Crippen LogP contribution in [0.25, 0.3) is 5.82 Å². The molecule has 0 bridgehead atoms. The number of nitrogens with two attached hydrogens (primary N) is 1. The second-order valence-electron chi connectivity index (χ2n) is 6.56. The lowest BCUT2D eigenvalue weighted by molar-refractivity contribution is 0.0949. The number of benzene rings is 2. The van der Waals surface area contributed by atoms with Crippen molar-refractivity contribution in [1.82, 2.24) is 30.7 Å². The van der Waals surface area contributed by atoms with E-state index in [0.717, 1.165) is 10.5 Å². The monoisotopic (exact) mass is 450 g/mol. The zero-order chi connectivity index (χ0) is 22.5. The summed E-state index contributed by atoms with van der Waals surface area (Å²) >= 11 is 1.49. The van der Waals surface area contributed by atoms with Crippen molar-refractivity contribution in [2.24, 2.45) is 5.10 Å². The van der Waals surface area contributed by atoms with Gasteiger partial charge in [-0.05, 0) is 59.2 Å². The lowest BCUT2D eigenvalue weighted by Gasteiger charge is -2.06. The molecule has 1 amide bonds. The molecule has 162 valence electrons. The largest absolute Gasteiger partial charge is 0.508 e. The topological polar surface area (TPSA) is 157 Å². The summed E-state index contributed by atoms with van der Waals surface area (Å²) in [7, 11) is 0. The molecule has 0 aliphatic carbocycles. The number of carbonyl (C=O) groups is 1. The van der Waals surface area contributed by atoms with Crippen molar-refractivity contribution < 1.29 is 14.5 Å². The number of thioether (sulfide) groups is 1. The quantitative estimate of drug-likeness (QED) is 0.218. The number of nitrogens with one attached hydrogen (secondary N) is 1. The Labute approximate surface area is 186 Å². The molecule has 0 spiro atoms. The predicted octanol–water partition coefficient (Wildman–Crippen LogP) is 2.38. The first-order valence-electron chi connectivity index (χ1n) is 9.38. The van der Waals surface area contributed by atoms with Crippen molar-refractivity contribution in [3.8, 4) is 11.6 Å². The summed E-state index contributed by atoms with van der Waals surface area (Å²) in [5.41, 5.74) is 10.1. The third-order valence-electron chi connectivity index (χ3n) is 4.40. The van der Waals surface area contributed by atoms with E-state index in [1.54, 1.807) is 19.1 Å². The summed E-state index contributed by atoms with van der Waals surface area (Å²) in [6, 6.07) is 16.1. The molecule has 32 heavy (non-hydrogen) atoms. The molecule has 12 heteroatoms. The summed E-state index contributed by atoms with van der Waals surface area (Å²) in [6.07, 6.45) is 0. The zero-order valence-electron chi connectivity index (χ0n) is 16.8. The lowest BCUT2D eigenvalue weighted by atomic mass is 10.1. The molecule has 11 nitrogen and oxygen atoms in total. The van der Waals surface area contributed by atoms with Gasteiger partial charge < -0.3 is 10.8 Å². The Balaban J connectivity index is 1.60. The van der Waals surface area contributed by atoms with Gasteiger partial charge in [-0.15, -0.1) is 16.9 Å². The fraction of sp³-hybridized carbons (Fsp3) is 0.100. The normalized spacial score (nSPS) is 11.5. The molecule has 0 atom stereocenters. The number of carbonyl (C=O) groups excluding carboxylic acids is 1. The van der Waals surface area contributed by atoms with Crippen LogP contribution in [0.2, 0.25) is 0 Å². The van der Waals surface area contributed by atoms with Crippen molar-refractivity contribution in [3.63, 3.8) is 0 Å². The molecule has 0 fully saturated rings. The van der Waals surface area contributed by atoms with Crippen LogP contribution in [0.4, 0.5) is 5.82 Å². The molecule has 4 aromatic rings. The molecular weight excluding hydrogens is 432 g/mol. The first-order chi connectivity index (χ1) is 15.5. The Morgan fingerprint density at radius 2 is 1.94 bits per heavy atom. The van der Waals surface area contributed by atoms with E-state index >= 15 is 0 Å². The maximum absolute atomic E-state index is 12.9. The van der Waals surface area contributed by atoms with Crippen molar-refractivity contribution in [3.05, 3.63) is 71.5 Å². The Morgan fingerprint density at radius 1 is 1.19 bits per heavy atom. The van der Waals surface area contributed by atoms with Crippen LogP contribution in [0.1, 0.15) is 28.7 Å². The summed E-state index contributed by atoms with van der Waals surface area (Å²) in [4.78, 5) is 13.9. The van der Waals surface area contributed by atoms with E-state index in [9.17, 15) is 9.90 Å². The highest BCUT2D eigenvalue weighted by Gasteiger charge is 2.24. The first-order valence-corrected chi connectivity index (χ1v) is 10.4. The summed E-state index contributed by atoms with van der Waals surface area (Å²) in [5, 5.41) is 28.9. The number of hydrogen-bond donors (Lipinski definition) is 3. The Kier molecular flexibility index (Phi) is 6.12. The number of amides is 1. The van der Waals surface area contributed by atoms with Crippen LogP contribution in [-0.2, 0) is 5.75 Å². The molecule has 2 aromatic carbocycles. The Morgan fingerprint density at radius 3 is 2.62 bits per heavy atom. The van der Waals surface area contributed by atoms with Gasteiger partial charge >= 0.3 is 0 Å². The van der Waals surface area contributed by atoms with Gasteiger partial charge in [0.25, 0.3) is 5.91 Å². The van der Waals surface area contributed by atoms with Gasteiger partial charge in [-0.1, -0.05) is 23.4 Å². The highest BCUT2D eigenvalue weighted by atomic mass is 32.2. The third kappa shape index (κ3) is 4.59. The van der Waals surface area contributed by atoms with Crippen molar-refractivity contribution in [1.29, 1.82) is 0 Å². The van der Waals surface area contributed by atoms with Gasteiger partial charge in [-0.3, -0.25) is 4.79 Å². The van der Waals surface area contributed by atoms with Crippen LogP contribution in [0, 0.1) is 0 Å². The number of hydrogen-bond acceptors (Lipinski definition) is 10. The van der Waals surface area contributed by atoms with Crippen LogP contribution < -0.4 is 11.2 Å². The smallest absolute Gasteiger partial charge is 0.293 e. The standard InChI is InChI=1S/C20H18N8O3S/c1-12(13-7-9-14(29)10-8-13)22-24-20(30)17-16(11-32-15-5-3-2-4-6-15)28(27-23-17)19-18(21)25-31-26-19/h2-10,29H,11H2,1H3,(H2,21,25)(H,24,30)/b22-12-. The van der Waals surface area contributed by atoms with Crippen molar-refractivity contribution in [2.75, 3.05) is 5.73 Å². The molecule has 2 heterocycles. The number of aromatic nitrogens is 5. The van der Waals surface area contributed by atoms with Crippen molar-refractivity contribution in [2.45, 2.75) is 17.6 Å². The first kappa shape index (κ1) is 21.1. The van der Waals surface area contributed by atoms with Crippen molar-refractivity contribution >= 4 is 29.2 Å². The van der Waals surface area contributed by atoms with Gasteiger partial charge in [-0.25, -0.2) is 10.1 Å². The average Bonchev–Trinajstić information content (AvgIpc) is 3.42. The van der Waals surface area contributed by atoms with Gasteiger partial charge in [0, 0.05) is 10.6 Å². The fourth-order valence-electron chi connectivity index (χ4n) is 2.74. The minimum absolute atomic E-state index is 0.0222. The van der Waals surface area contributed by atoms with E-state index in [2.05, 4.69) is 35.8 Å². The van der Waals surface area contributed by atoms with E-state index in [-0.39, 0.29) is 23.1 Å². The number of hydrazone groups is 1. The molecule has 0 aliphatic rings. The number of aromatic hydroxyl groups is 1. The van der Waals surface area contributed by atoms with Crippen LogP contribution in [0.5, 0.6) is 5.75 Å². The number of rotatable bonds is 7. The van der Waals surface area contributed by atoms with Gasteiger partial charge in [-0.2, -0.15) is 9.78 Å². The van der Waals surface area contributed by atoms with Gasteiger partial charge in [0.1, 0.15) is 5.75 Å². The van der Waals surface area contributed by atoms with E-state index in [0.29, 0.717) is 17.2 Å². The van der Waals surface area contributed by atoms with Gasteiger partial charge in [0.05, 0.1) is 11.4 Å². The van der Waals surface area contributed by atoms with E-state index in [1.165, 1.54) is 28.6 Å². The van der Waals surface area contributed by atoms with Gasteiger partial charge in [0.2, 0.25) is 11.6 Å². The summed E-state index contributed by atoms with van der Waals surface area (Å²) < 4.78 is 5.99. The van der Waals surface area contributed by atoms with E-state index in [1.807, 2.05) is 30.3 Å². The number of nitrogens with zero attached hydrogens (tertiary/aromatic N) is 6. The molecule has 4 rings (SSSR count). The molecule has 0 unspecified atom stereocenters. The Hall–Kier alpha value is -4.19. The number of anilines is 1. The molecule has 2 aromatic heterocycles. The third-order valence-corrected chi connectivity index (χ3v) is 5.43. The van der Waals surface area contributed by atoms with E-state index < -0.39 is 5.91 Å². The predicted molar refractivity (Wildman–Crippen MR) is 117 cm³/mol. The molecule has 0 aliphatic heterocycles. The Bertz CT molecular complexity index is 1250. The maximum Gasteiger partial charge on any atom is 0.293 e. The zero-order valence-corrected chi connectivity index (χ0v) is 17.7. The maximum atomic E-state index is 12.9. The summed E-state index contributed by atoms with van der Waals surface area (Å²) in [6.45, 7) is 1.73. The molecule has 0 saturated heterocycles. The number of phenols is 1. The van der Waals surface area contributed by atoms with Crippen LogP contribution >= 0.6 is 11.8 Å². The minimum Gasteiger partial charge on any atom is -0.508 e. The number of nitrogen functional groups attached to an aromatic ring is 1. The molecule has 4 N–H and O–H groups in total. The highest BCUT2D eigenvalue weighted by molar-refractivity contribution is 7.98. The van der Waals surface area contributed by atoms with Crippen LogP contribution in [0.15, 0.2) is 69.2 Å². The van der Waals surface area contributed by atoms with Crippen LogP contribution in [-0.4, -0.2) is 42.0 Å². The minimum atomic E-state index is -0.548. The second kappa shape index (κ2) is 9.31. The van der Waals surface area contributed by atoms with E-state index in [4.69, 9.17) is 5.73 Å². The van der Waals surface area contributed by atoms with Gasteiger partial charge in [0.15, 0.2) is 5.69 Å². The molecule has 0 radical (unpaired) electrons. The highest BCUT2D eigenvalue weighted by Crippen LogP contribution is 2.25. The fourth-order valence-corrected chi connectivity index (χ4v) is 3.65. The lowest BCUT2D eigenvalue weighted by Crippen LogP contribution is -2.21.